The van der Waals surface area contributed by atoms with Gasteiger partial charge in [-0.2, -0.15) is 9.40 Å². The Balaban J connectivity index is 1.51. The monoisotopic (exact) mass is 444 g/mol. The second-order valence-corrected chi connectivity index (χ2v) is 10.00. The second-order valence-electron chi connectivity index (χ2n) is 8.11. The molecule has 0 unspecified atom stereocenters. The highest BCUT2D eigenvalue weighted by Gasteiger charge is 2.31. The van der Waals surface area contributed by atoms with Crippen LogP contribution in [0.1, 0.15) is 37.1 Å². The SMILES string of the molecule is Cc1cc(C)n(-c2cc(N3CCN(S(=O)(=O)c4cn(C(C)C)cn4)CC3)nc(C)n2)n1. The van der Waals surface area contributed by atoms with E-state index < -0.39 is 10.0 Å². The van der Waals surface area contributed by atoms with Gasteiger partial charge in [-0.3, -0.25) is 0 Å². The molecule has 0 saturated carbocycles. The molecular formula is C20H28N8O2S. The first-order chi connectivity index (χ1) is 14.6. The number of anilines is 1. The van der Waals surface area contributed by atoms with Gasteiger partial charge in [0.15, 0.2) is 10.8 Å². The van der Waals surface area contributed by atoms with E-state index in [1.165, 1.54) is 4.31 Å². The molecule has 0 N–H and O–H groups in total. The quantitative estimate of drug-likeness (QED) is 0.592. The van der Waals surface area contributed by atoms with Gasteiger partial charge in [-0.15, -0.1) is 0 Å². The Labute approximate surface area is 182 Å². The maximum Gasteiger partial charge on any atom is 0.262 e. The zero-order chi connectivity index (χ0) is 22.3. The second kappa shape index (κ2) is 8.04. The molecule has 1 aliphatic rings. The topological polar surface area (TPSA) is 102 Å². The molecule has 0 amide bonds. The van der Waals surface area contributed by atoms with Crippen LogP contribution in [-0.4, -0.2) is 68.2 Å². The standard InChI is InChI=1S/C20H28N8O2S/c1-14(2)26-12-20(21-13-26)31(29,30)27-8-6-25(7-9-27)18-11-19(23-17(5)22-18)28-16(4)10-15(3)24-28/h10-14H,6-9H2,1-5H3. The van der Waals surface area contributed by atoms with E-state index in [4.69, 9.17) is 0 Å². The smallest absolute Gasteiger partial charge is 0.262 e. The van der Waals surface area contributed by atoms with Crippen molar-refractivity contribution in [3.05, 3.63) is 41.9 Å². The number of aryl methyl sites for hydroxylation is 3. The Hall–Kier alpha value is -2.79. The van der Waals surface area contributed by atoms with Crippen LogP contribution in [-0.2, 0) is 10.0 Å². The van der Waals surface area contributed by atoms with E-state index in [0.717, 1.165) is 17.2 Å². The lowest BCUT2D eigenvalue weighted by Crippen LogP contribution is -2.49. The minimum atomic E-state index is -3.61. The van der Waals surface area contributed by atoms with Crippen LogP contribution in [0.25, 0.3) is 5.82 Å². The first kappa shape index (κ1) is 21.4. The lowest BCUT2D eigenvalue weighted by molar-refractivity contribution is 0.382. The van der Waals surface area contributed by atoms with Crippen molar-refractivity contribution in [2.24, 2.45) is 0 Å². The average Bonchev–Trinajstić information content (AvgIpc) is 3.35. The third-order valence-corrected chi connectivity index (χ3v) is 7.16. The van der Waals surface area contributed by atoms with Gasteiger partial charge < -0.3 is 9.47 Å². The van der Waals surface area contributed by atoms with Gasteiger partial charge in [0.1, 0.15) is 11.6 Å². The molecule has 0 aliphatic carbocycles. The van der Waals surface area contributed by atoms with Crippen molar-refractivity contribution in [1.82, 2.24) is 33.6 Å². The summed E-state index contributed by atoms with van der Waals surface area (Å²) in [6, 6.07) is 4.06. The summed E-state index contributed by atoms with van der Waals surface area (Å²) >= 11 is 0. The van der Waals surface area contributed by atoms with Crippen LogP contribution in [0.3, 0.4) is 0 Å². The summed E-state index contributed by atoms with van der Waals surface area (Å²) < 4.78 is 31.1. The number of hydrogen-bond donors (Lipinski definition) is 0. The number of imidazole rings is 1. The average molecular weight is 445 g/mol. The molecular weight excluding hydrogens is 416 g/mol. The fourth-order valence-corrected chi connectivity index (χ4v) is 5.03. The third-order valence-electron chi connectivity index (χ3n) is 5.38. The summed E-state index contributed by atoms with van der Waals surface area (Å²) in [7, 11) is -3.61. The van der Waals surface area contributed by atoms with Crippen LogP contribution in [0.5, 0.6) is 0 Å². The Morgan fingerprint density at radius 1 is 0.968 bits per heavy atom. The molecule has 1 saturated heterocycles. The fraction of sp³-hybridized carbons (Fsp3) is 0.500. The summed E-state index contributed by atoms with van der Waals surface area (Å²) in [4.78, 5) is 15.3. The number of piperazine rings is 1. The number of aromatic nitrogens is 6. The summed E-state index contributed by atoms with van der Waals surface area (Å²) in [5, 5.41) is 4.61. The van der Waals surface area contributed by atoms with Crippen LogP contribution in [0, 0.1) is 20.8 Å². The van der Waals surface area contributed by atoms with E-state index in [1.807, 2.05) is 46.8 Å². The van der Waals surface area contributed by atoms with E-state index in [9.17, 15) is 8.42 Å². The van der Waals surface area contributed by atoms with Crippen molar-refractivity contribution in [3.8, 4) is 5.82 Å². The molecule has 0 bridgehead atoms. The number of sulfonamides is 1. The number of hydrogen-bond acceptors (Lipinski definition) is 7. The minimum Gasteiger partial charge on any atom is -0.354 e. The Morgan fingerprint density at radius 2 is 1.65 bits per heavy atom. The predicted octanol–water partition coefficient (Wildman–Crippen LogP) is 1.88. The van der Waals surface area contributed by atoms with Gasteiger partial charge in [0.2, 0.25) is 0 Å². The van der Waals surface area contributed by atoms with Crippen molar-refractivity contribution >= 4 is 15.8 Å². The van der Waals surface area contributed by atoms with Gasteiger partial charge >= 0.3 is 0 Å². The lowest BCUT2D eigenvalue weighted by Gasteiger charge is -2.34. The van der Waals surface area contributed by atoms with E-state index >= 15 is 0 Å². The highest BCUT2D eigenvalue weighted by molar-refractivity contribution is 7.89. The molecule has 10 nitrogen and oxygen atoms in total. The van der Waals surface area contributed by atoms with Gasteiger partial charge in [-0.05, 0) is 40.7 Å². The highest BCUT2D eigenvalue weighted by Crippen LogP contribution is 2.22. The van der Waals surface area contributed by atoms with Crippen molar-refractivity contribution < 1.29 is 8.42 Å². The zero-order valence-corrected chi connectivity index (χ0v) is 19.3. The molecule has 4 heterocycles. The Kier molecular flexibility index (Phi) is 5.56. The van der Waals surface area contributed by atoms with Crippen LogP contribution in [0.2, 0.25) is 0 Å². The molecule has 3 aromatic rings. The Morgan fingerprint density at radius 3 is 2.23 bits per heavy atom. The maximum absolute atomic E-state index is 13.0. The molecule has 0 atom stereocenters. The molecule has 11 heteroatoms. The molecule has 0 radical (unpaired) electrons. The van der Waals surface area contributed by atoms with E-state index in [-0.39, 0.29) is 11.1 Å². The summed E-state index contributed by atoms with van der Waals surface area (Å²) in [6.07, 6.45) is 3.17. The van der Waals surface area contributed by atoms with E-state index in [1.54, 1.807) is 21.8 Å². The van der Waals surface area contributed by atoms with E-state index in [0.29, 0.717) is 37.8 Å². The Bertz CT molecular complexity index is 1190. The normalized spacial score (nSPS) is 15.7. The first-order valence-corrected chi connectivity index (χ1v) is 11.8. The molecule has 1 aliphatic heterocycles. The van der Waals surface area contributed by atoms with Crippen molar-refractivity contribution in [3.63, 3.8) is 0 Å². The van der Waals surface area contributed by atoms with Gasteiger partial charge in [-0.25, -0.2) is 28.1 Å². The largest absolute Gasteiger partial charge is 0.354 e. The summed E-state index contributed by atoms with van der Waals surface area (Å²) in [6.45, 7) is 11.6. The van der Waals surface area contributed by atoms with Crippen molar-refractivity contribution in [2.45, 2.75) is 45.7 Å². The maximum atomic E-state index is 13.0. The van der Waals surface area contributed by atoms with Gasteiger partial charge in [0.25, 0.3) is 10.0 Å². The van der Waals surface area contributed by atoms with Gasteiger partial charge in [0.05, 0.1) is 12.0 Å². The molecule has 4 rings (SSSR count). The molecule has 166 valence electrons. The van der Waals surface area contributed by atoms with Crippen LogP contribution >= 0.6 is 0 Å². The van der Waals surface area contributed by atoms with Gasteiger partial charge in [0, 0.05) is 50.2 Å². The van der Waals surface area contributed by atoms with Crippen molar-refractivity contribution in [1.29, 1.82) is 0 Å². The van der Waals surface area contributed by atoms with Crippen LogP contribution < -0.4 is 4.90 Å². The van der Waals surface area contributed by atoms with Crippen molar-refractivity contribution in [2.75, 3.05) is 31.1 Å². The number of nitrogens with zero attached hydrogens (tertiary/aromatic N) is 8. The third kappa shape index (κ3) is 4.19. The molecule has 0 aromatic carbocycles. The zero-order valence-electron chi connectivity index (χ0n) is 18.5. The number of rotatable bonds is 5. The molecule has 31 heavy (non-hydrogen) atoms. The fourth-order valence-electron chi connectivity index (χ4n) is 3.69. The predicted molar refractivity (Wildman–Crippen MR) is 117 cm³/mol. The lowest BCUT2D eigenvalue weighted by atomic mass is 10.3. The van der Waals surface area contributed by atoms with Gasteiger partial charge in [-0.1, -0.05) is 0 Å². The summed E-state index contributed by atoms with van der Waals surface area (Å²) in [5.41, 5.74) is 1.92. The molecule has 3 aromatic heterocycles. The first-order valence-electron chi connectivity index (χ1n) is 10.3. The summed E-state index contributed by atoms with van der Waals surface area (Å²) in [5.74, 6) is 2.13. The molecule has 0 spiro atoms. The van der Waals surface area contributed by atoms with E-state index in [2.05, 4.69) is 25.0 Å². The van der Waals surface area contributed by atoms with Crippen LogP contribution in [0.15, 0.2) is 29.7 Å². The molecule has 1 fully saturated rings. The van der Waals surface area contributed by atoms with Crippen LogP contribution in [0.4, 0.5) is 5.82 Å². The minimum absolute atomic E-state index is 0.0966. The highest BCUT2D eigenvalue weighted by atomic mass is 32.2.